The summed E-state index contributed by atoms with van der Waals surface area (Å²) in [6, 6.07) is 4.04. The van der Waals surface area contributed by atoms with Gasteiger partial charge in [-0.2, -0.15) is 0 Å². The molecule has 1 aliphatic rings. The van der Waals surface area contributed by atoms with Gasteiger partial charge in [0.1, 0.15) is 5.75 Å². The number of aliphatic hydroxyl groups is 1. The SMILES string of the molecule is OC1CCOc2c(I)cc(I)cc21. The van der Waals surface area contributed by atoms with Gasteiger partial charge in [0.2, 0.25) is 0 Å². The third-order valence-electron chi connectivity index (χ3n) is 2.03. The summed E-state index contributed by atoms with van der Waals surface area (Å²) in [6.45, 7) is 0.616. The van der Waals surface area contributed by atoms with Crippen molar-refractivity contribution < 1.29 is 9.84 Å². The van der Waals surface area contributed by atoms with Crippen LogP contribution in [-0.4, -0.2) is 11.7 Å². The topological polar surface area (TPSA) is 29.5 Å². The van der Waals surface area contributed by atoms with Gasteiger partial charge in [-0.3, -0.25) is 0 Å². The lowest BCUT2D eigenvalue weighted by Gasteiger charge is -2.23. The van der Waals surface area contributed by atoms with E-state index in [0.717, 1.165) is 18.5 Å². The van der Waals surface area contributed by atoms with E-state index in [1.807, 2.05) is 6.07 Å². The van der Waals surface area contributed by atoms with Crippen molar-refractivity contribution in [3.05, 3.63) is 24.8 Å². The van der Waals surface area contributed by atoms with E-state index < -0.39 is 0 Å². The van der Waals surface area contributed by atoms with Crippen molar-refractivity contribution >= 4 is 45.2 Å². The summed E-state index contributed by atoms with van der Waals surface area (Å²) in [6.07, 6.45) is 0.343. The van der Waals surface area contributed by atoms with Gasteiger partial charge >= 0.3 is 0 Å². The van der Waals surface area contributed by atoms with Gasteiger partial charge in [-0.15, -0.1) is 0 Å². The van der Waals surface area contributed by atoms with Gasteiger partial charge in [-0.25, -0.2) is 0 Å². The normalized spacial score (nSPS) is 20.7. The Morgan fingerprint density at radius 1 is 1.38 bits per heavy atom. The van der Waals surface area contributed by atoms with Crippen LogP contribution in [0.2, 0.25) is 0 Å². The van der Waals surface area contributed by atoms with Crippen LogP contribution in [-0.2, 0) is 0 Å². The zero-order valence-electron chi connectivity index (χ0n) is 6.76. The second-order valence-corrected chi connectivity index (χ2v) is 5.37. The molecule has 2 nitrogen and oxygen atoms in total. The van der Waals surface area contributed by atoms with Gasteiger partial charge in [-0.05, 0) is 57.3 Å². The molecule has 1 aromatic carbocycles. The number of ether oxygens (including phenoxy) is 1. The maximum absolute atomic E-state index is 9.72. The van der Waals surface area contributed by atoms with Crippen LogP contribution < -0.4 is 4.74 Å². The molecule has 0 amide bonds. The average molecular weight is 402 g/mol. The maximum Gasteiger partial charge on any atom is 0.138 e. The molecule has 1 aliphatic heterocycles. The second-order valence-electron chi connectivity index (χ2n) is 2.96. The monoisotopic (exact) mass is 402 g/mol. The zero-order valence-corrected chi connectivity index (χ0v) is 11.1. The van der Waals surface area contributed by atoms with Crippen molar-refractivity contribution in [3.63, 3.8) is 0 Å². The zero-order chi connectivity index (χ0) is 9.42. The number of hydrogen-bond donors (Lipinski definition) is 1. The molecule has 13 heavy (non-hydrogen) atoms. The summed E-state index contributed by atoms with van der Waals surface area (Å²) in [5, 5.41) is 9.72. The number of halogens is 2. The summed E-state index contributed by atoms with van der Waals surface area (Å²) < 4.78 is 7.73. The molecule has 1 aromatic rings. The van der Waals surface area contributed by atoms with Crippen molar-refractivity contribution in [2.24, 2.45) is 0 Å². The van der Waals surface area contributed by atoms with E-state index in [1.54, 1.807) is 0 Å². The van der Waals surface area contributed by atoms with Crippen LogP contribution in [0.25, 0.3) is 0 Å². The first-order valence-corrected chi connectivity index (χ1v) is 6.14. The van der Waals surface area contributed by atoms with Crippen LogP contribution >= 0.6 is 45.2 Å². The molecule has 1 unspecified atom stereocenters. The predicted molar refractivity (Wildman–Crippen MR) is 66.9 cm³/mol. The summed E-state index contributed by atoms with van der Waals surface area (Å²) in [7, 11) is 0. The molecule has 0 saturated heterocycles. The highest BCUT2D eigenvalue weighted by atomic mass is 127. The third kappa shape index (κ3) is 1.94. The molecule has 0 fully saturated rings. The highest BCUT2D eigenvalue weighted by Gasteiger charge is 2.21. The third-order valence-corrected chi connectivity index (χ3v) is 3.46. The summed E-state index contributed by atoms with van der Waals surface area (Å²) in [5.74, 6) is 0.861. The Morgan fingerprint density at radius 3 is 2.92 bits per heavy atom. The molecular weight excluding hydrogens is 394 g/mol. The fourth-order valence-corrected chi connectivity index (χ4v) is 3.45. The van der Waals surface area contributed by atoms with Crippen LogP contribution in [0.5, 0.6) is 5.75 Å². The lowest BCUT2D eigenvalue weighted by Crippen LogP contribution is -2.14. The Kier molecular flexibility index (Phi) is 2.99. The lowest BCUT2D eigenvalue weighted by molar-refractivity contribution is 0.114. The minimum atomic E-state index is -0.355. The molecule has 0 saturated carbocycles. The van der Waals surface area contributed by atoms with Crippen LogP contribution in [0.1, 0.15) is 18.1 Å². The van der Waals surface area contributed by atoms with Crippen molar-refractivity contribution in [3.8, 4) is 5.75 Å². The molecule has 70 valence electrons. The minimum Gasteiger partial charge on any atom is -0.492 e. The van der Waals surface area contributed by atoms with Crippen LogP contribution in [0.3, 0.4) is 0 Å². The van der Waals surface area contributed by atoms with Gasteiger partial charge in [-0.1, -0.05) is 0 Å². The maximum atomic E-state index is 9.72. The number of hydrogen-bond acceptors (Lipinski definition) is 2. The molecule has 1 atom stereocenters. The molecular formula is C9H8I2O2. The fourth-order valence-electron chi connectivity index (χ4n) is 1.41. The average Bonchev–Trinajstić information content (AvgIpc) is 2.07. The summed E-state index contributed by atoms with van der Waals surface area (Å²) >= 11 is 4.49. The largest absolute Gasteiger partial charge is 0.492 e. The minimum absolute atomic E-state index is 0.355. The van der Waals surface area contributed by atoms with Gasteiger partial charge in [0.15, 0.2) is 0 Å². The first kappa shape index (κ1) is 9.97. The van der Waals surface area contributed by atoms with Gasteiger partial charge < -0.3 is 9.84 Å². The summed E-state index contributed by atoms with van der Waals surface area (Å²) in [4.78, 5) is 0. The quantitative estimate of drug-likeness (QED) is 0.677. The van der Waals surface area contributed by atoms with Gasteiger partial charge in [0.05, 0.1) is 16.3 Å². The van der Waals surface area contributed by atoms with E-state index in [2.05, 4.69) is 51.2 Å². The molecule has 0 radical (unpaired) electrons. The Morgan fingerprint density at radius 2 is 2.15 bits per heavy atom. The Hall–Kier alpha value is 0.440. The highest BCUT2D eigenvalue weighted by molar-refractivity contribution is 14.1. The summed E-state index contributed by atoms with van der Waals surface area (Å²) in [5.41, 5.74) is 0.933. The Balaban J connectivity index is 2.56. The van der Waals surface area contributed by atoms with Gasteiger partial charge in [0.25, 0.3) is 0 Å². The lowest BCUT2D eigenvalue weighted by atomic mass is 10.0. The first-order valence-electron chi connectivity index (χ1n) is 3.98. The predicted octanol–water partition coefficient (Wildman–Crippen LogP) is 2.71. The van der Waals surface area contributed by atoms with E-state index in [4.69, 9.17) is 4.74 Å². The number of rotatable bonds is 0. The standard InChI is InChI=1S/C9H8I2O2/c10-5-3-6-8(12)1-2-13-9(6)7(11)4-5/h3-4,8,12H,1-2H2. The molecule has 1 N–H and O–H groups in total. The van der Waals surface area contributed by atoms with E-state index in [1.165, 1.54) is 0 Å². The van der Waals surface area contributed by atoms with Crippen molar-refractivity contribution in [1.29, 1.82) is 0 Å². The van der Waals surface area contributed by atoms with Crippen molar-refractivity contribution in [1.82, 2.24) is 0 Å². The first-order chi connectivity index (χ1) is 6.18. The Bertz CT molecular complexity index is 339. The molecule has 1 heterocycles. The molecule has 0 aliphatic carbocycles. The van der Waals surface area contributed by atoms with E-state index >= 15 is 0 Å². The second kappa shape index (κ2) is 3.90. The van der Waals surface area contributed by atoms with Gasteiger partial charge in [0, 0.05) is 15.6 Å². The molecule has 0 bridgehead atoms. The van der Waals surface area contributed by atoms with E-state index in [9.17, 15) is 5.11 Å². The van der Waals surface area contributed by atoms with Crippen molar-refractivity contribution in [2.45, 2.75) is 12.5 Å². The highest BCUT2D eigenvalue weighted by Crippen LogP contribution is 2.36. The number of aliphatic hydroxyl groups excluding tert-OH is 1. The van der Waals surface area contributed by atoms with Crippen molar-refractivity contribution in [2.75, 3.05) is 6.61 Å². The molecule has 2 rings (SSSR count). The number of benzene rings is 1. The molecule has 4 heteroatoms. The van der Waals surface area contributed by atoms with E-state index in [-0.39, 0.29) is 6.10 Å². The smallest absolute Gasteiger partial charge is 0.138 e. The molecule has 0 aromatic heterocycles. The van der Waals surface area contributed by atoms with E-state index in [0.29, 0.717) is 13.0 Å². The fraction of sp³-hybridized carbons (Fsp3) is 0.333. The van der Waals surface area contributed by atoms with Crippen LogP contribution in [0.15, 0.2) is 12.1 Å². The van der Waals surface area contributed by atoms with Crippen LogP contribution in [0.4, 0.5) is 0 Å². The van der Waals surface area contributed by atoms with Crippen LogP contribution in [0, 0.1) is 7.14 Å². The molecule has 0 spiro atoms. The Labute approximate surface area is 104 Å². The number of fused-ring (bicyclic) bond motifs is 1.